The standard InChI is InChI=1S/C11H18O/c1-10(2,3)8-11(9-12)6-4-5-7-11/h4-7,12H,8-9H2,1-3H3. The zero-order chi connectivity index (χ0) is 9.24. The first-order valence-corrected chi connectivity index (χ1v) is 4.45. The van der Waals surface area contributed by atoms with Gasteiger partial charge in [-0.1, -0.05) is 45.1 Å². The molecule has 0 radical (unpaired) electrons. The lowest BCUT2D eigenvalue weighted by molar-refractivity contribution is 0.158. The van der Waals surface area contributed by atoms with Crippen LogP contribution in [0.1, 0.15) is 27.2 Å². The number of aliphatic hydroxyl groups is 1. The predicted molar refractivity (Wildman–Crippen MR) is 51.9 cm³/mol. The van der Waals surface area contributed by atoms with Gasteiger partial charge in [-0.3, -0.25) is 0 Å². The van der Waals surface area contributed by atoms with Crippen LogP contribution in [0, 0.1) is 10.8 Å². The number of hydrogen-bond acceptors (Lipinski definition) is 1. The van der Waals surface area contributed by atoms with Gasteiger partial charge in [0, 0.05) is 5.41 Å². The van der Waals surface area contributed by atoms with Gasteiger partial charge in [0.15, 0.2) is 0 Å². The zero-order valence-corrected chi connectivity index (χ0v) is 8.17. The second-order valence-corrected chi connectivity index (χ2v) is 4.85. The van der Waals surface area contributed by atoms with E-state index < -0.39 is 0 Å². The average Bonchev–Trinajstić information content (AvgIpc) is 2.34. The predicted octanol–water partition coefficient (Wildman–Crippen LogP) is 2.53. The quantitative estimate of drug-likeness (QED) is 0.668. The van der Waals surface area contributed by atoms with Gasteiger partial charge in [-0.05, 0) is 11.8 Å². The number of rotatable bonds is 2. The first-order chi connectivity index (χ1) is 5.47. The van der Waals surface area contributed by atoms with Crippen LogP contribution in [0.15, 0.2) is 24.3 Å². The molecule has 0 aliphatic heterocycles. The van der Waals surface area contributed by atoms with Crippen molar-refractivity contribution in [3.05, 3.63) is 24.3 Å². The van der Waals surface area contributed by atoms with E-state index in [1.54, 1.807) is 0 Å². The van der Waals surface area contributed by atoms with Gasteiger partial charge in [-0.15, -0.1) is 0 Å². The van der Waals surface area contributed by atoms with E-state index in [-0.39, 0.29) is 17.4 Å². The first kappa shape index (κ1) is 9.53. The molecule has 1 heteroatoms. The van der Waals surface area contributed by atoms with Gasteiger partial charge >= 0.3 is 0 Å². The monoisotopic (exact) mass is 166 g/mol. The summed E-state index contributed by atoms with van der Waals surface area (Å²) < 4.78 is 0. The van der Waals surface area contributed by atoms with Crippen molar-refractivity contribution in [2.45, 2.75) is 27.2 Å². The summed E-state index contributed by atoms with van der Waals surface area (Å²) in [7, 11) is 0. The Labute approximate surface area is 74.8 Å². The highest BCUT2D eigenvalue weighted by atomic mass is 16.3. The van der Waals surface area contributed by atoms with Gasteiger partial charge in [0.1, 0.15) is 0 Å². The fraction of sp³-hybridized carbons (Fsp3) is 0.636. The van der Waals surface area contributed by atoms with Crippen LogP contribution >= 0.6 is 0 Å². The summed E-state index contributed by atoms with van der Waals surface area (Å²) in [5.41, 5.74) is 0.181. The second kappa shape index (κ2) is 3.06. The van der Waals surface area contributed by atoms with Crippen LogP contribution in [0.5, 0.6) is 0 Å². The molecule has 0 aromatic rings. The van der Waals surface area contributed by atoms with E-state index in [0.29, 0.717) is 0 Å². The maximum Gasteiger partial charge on any atom is 0.0557 e. The molecule has 1 N–H and O–H groups in total. The molecule has 0 saturated heterocycles. The molecular formula is C11H18O. The van der Waals surface area contributed by atoms with E-state index in [1.807, 2.05) is 12.2 Å². The van der Waals surface area contributed by atoms with Crippen molar-refractivity contribution in [2.24, 2.45) is 10.8 Å². The number of aliphatic hydroxyl groups excluding tert-OH is 1. The molecule has 1 nitrogen and oxygen atoms in total. The summed E-state index contributed by atoms with van der Waals surface area (Å²) in [6.07, 6.45) is 9.23. The minimum atomic E-state index is -0.0851. The molecule has 1 rings (SSSR count). The van der Waals surface area contributed by atoms with Gasteiger partial charge < -0.3 is 5.11 Å². The third kappa shape index (κ3) is 2.21. The Morgan fingerprint density at radius 3 is 2.00 bits per heavy atom. The van der Waals surface area contributed by atoms with Crippen LogP contribution in [0.25, 0.3) is 0 Å². The summed E-state index contributed by atoms with van der Waals surface area (Å²) in [6.45, 7) is 6.82. The van der Waals surface area contributed by atoms with E-state index in [2.05, 4.69) is 32.9 Å². The summed E-state index contributed by atoms with van der Waals surface area (Å²) in [5.74, 6) is 0. The van der Waals surface area contributed by atoms with Crippen molar-refractivity contribution in [1.29, 1.82) is 0 Å². The van der Waals surface area contributed by atoms with E-state index in [4.69, 9.17) is 0 Å². The molecule has 0 amide bonds. The lowest BCUT2D eigenvalue weighted by Gasteiger charge is -2.30. The van der Waals surface area contributed by atoms with Crippen LogP contribution in [0.3, 0.4) is 0 Å². The highest BCUT2D eigenvalue weighted by molar-refractivity contribution is 5.25. The molecule has 0 bridgehead atoms. The van der Waals surface area contributed by atoms with Crippen LogP contribution in [0.2, 0.25) is 0 Å². The zero-order valence-electron chi connectivity index (χ0n) is 8.17. The van der Waals surface area contributed by atoms with Crippen LogP contribution in [-0.4, -0.2) is 11.7 Å². The maximum atomic E-state index is 9.28. The van der Waals surface area contributed by atoms with Gasteiger partial charge in [0.2, 0.25) is 0 Å². The van der Waals surface area contributed by atoms with Gasteiger partial charge in [0.25, 0.3) is 0 Å². The lowest BCUT2D eigenvalue weighted by atomic mass is 9.75. The van der Waals surface area contributed by atoms with Crippen molar-refractivity contribution < 1.29 is 5.11 Å². The molecule has 1 aliphatic rings. The maximum absolute atomic E-state index is 9.28. The van der Waals surface area contributed by atoms with E-state index in [9.17, 15) is 5.11 Å². The first-order valence-electron chi connectivity index (χ1n) is 4.45. The Bertz CT molecular complexity index is 194. The Morgan fingerprint density at radius 1 is 1.17 bits per heavy atom. The third-order valence-corrected chi connectivity index (χ3v) is 2.12. The van der Waals surface area contributed by atoms with Gasteiger partial charge in [0.05, 0.1) is 6.61 Å². The van der Waals surface area contributed by atoms with Crippen LogP contribution < -0.4 is 0 Å². The summed E-state index contributed by atoms with van der Waals surface area (Å²) >= 11 is 0. The van der Waals surface area contributed by atoms with Crippen LogP contribution in [0.4, 0.5) is 0 Å². The van der Waals surface area contributed by atoms with Crippen molar-refractivity contribution in [2.75, 3.05) is 6.61 Å². The largest absolute Gasteiger partial charge is 0.395 e. The smallest absolute Gasteiger partial charge is 0.0557 e. The molecule has 12 heavy (non-hydrogen) atoms. The van der Waals surface area contributed by atoms with Crippen molar-refractivity contribution in [3.8, 4) is 0 Å². The minimum absolute atomic E-state index is 0.0851. The second-order valence-electron chi connectivity index (χ2n) is 4.85. The molecule has 0 aromatic carbocycles. The Kier molecular flexibility index (Phi) is 2.43. The normalized spacial score (nSPS) is 20.3. The third-order valence-electron chi connectivity index (χ3n) is 2.12. The fourth-order valence-corrected chi connectivity index (χ4v) is 1.82. The summed E-state index contributed by atoms with van der Waals surface area (Å²) in [6, 6.07) is 0. The summed E-state index contributed by atoms with van der Waals surface area (Å²) in [5, 5.41) is 9.28. The molecule has 0 unspecified atom stereocenters. The molecule has 1 aliphatic carbocycles. The molecule has 0 saturated carbocycles. The molecule has 0 aromatic heterocycles. The highest BCUT2D eigenvalue weighted by Crippen LogP contribution is 2.38. The Hall–Kier alpha value is -0.560. The molecule has 68 valence electrons. The fourth-order valence-electron chi connectivity index (χ4n) is 1.82. The van der Waals surface area contributed by atoms with E-state index >= 15 is 0 Å². The number of allylic oxidation sites excluding steroid dienone is 2. The van der Waals surface area contributed by atoms with E-state index in [0.717, 1.165) is 6.42 Å². The summed E-state index contributed by atoms with van der Waals surface area (Å²) in [4.78, 5) is 0. The van der Waals surface area contributed by atoms with Gasteiger partial charge in [-0.25, -0.2) is 0 Å². The topological polar surface area (TPSA) is 20.2 Å². The SMILES string of the molecule is CC(C)(C)CC1(CO)C=CC=C1. The minimum Gasteiger partial charge on any atom is -0.395 e. The molecule has 0 fully saturated rings. The molecule has 0 spiro atoms. The lowest BCUT2D eigenvalue weighted by Crippen LogP contribution is -2.25. The van der Waals surface area contributed by atoms with Crippen molar-refractivity contribution in [3.63, 3.8) is 0 Å². The van der Waals surface area contributed by atoms with Crippen LogP contribution in [-0.2, 0) is 0 Å². The number of hydrogen-bond donors (Lipinski definition) is 1. The van der Waals surface area contributed by atoms with E-state index in [1.165, 1.54) is 0 Å². The molecule has 0 atom stereocenters. The van der Waals surface area contributed by atoms with Crippen molar-refractivity contribution in [1.82, 2.24) is 0 Å². The average molecular weight is 166 g/mol. The molecule has 0 heterocycles. The molecular weight excluding hydrogens is 148 g/mol. The highest BCUT2D eigenvalue weighted by Gasteiger charge is 2.30. The van der Waals surface area contributed by atoms with Crippen molar-refractivity contribution >= 4 is 0 Å². The Balaban J connectivity index is 2.70. The van der Waals surface area contributed by atoms with Gasteiger partial charge in [-0.2, -0.15) is 0 Å². The Morgan fingerprint density at radius 2 is 1.67 bits per heavy atom.